The number of aliphatic carboxylic acids is 1. The van der Waals surface area contributed by atoms with E-state index >= 15 is 0 Å². The third-order valence-electron chi connectivity index (χ3n) is 4.44. The highest BCUT2D eigenvalue weighted by Crippen LogP contribution is 2.39. The summed E-state index contributed by atoms with van der Waals surface area (Å²) in [5.41, 5.74) is 1.90. The molecule has 3 rings (SSSR count). The zero-order chi connectivity index (χ0) is 17.3. The van der Waals surface area contributed by atoms with Crippen molar-refractivity contribution in [3.05, 3.63) is 59.7 Å². The van der Waals surface area contributed by atoms with Gasteiger partial charge in [-0.2, -0.15) is 0 Å². The molecular formula is C19H19NO4. The molecule has 1 heterocycles. The molecule has 1 amide bonds. The lowest BCUT2D eigenvalue weighted by molar-refractivity contribution is -0.139. The molecule has 0 saturated carbocycles. The van der Waals surface area contributed by atoms with Crippen LogP contribution < -0.4 is 9.64 Å². The number of amides is 1. The predicted octanol–water partition coefficient (Wildman–Crippen LogP) is 3.30. The van der Waals surface area contributed by atoms with Gasteiger partial charge in [-0.05, 0) is 49.2 Å². The Morgan fingerprint density at radius 1 is 1.12 bits per heavy atom. The number of para-hydroxylation sites is 1. The van der Waals surface area contributed by atoms with Gasteiger partial charge in [0.2, 0.25) is 0 Å². The van der Waals surface area contributed by atoms with E-state index in [-0.39, 0.29) is 11.9 Å². The van der Waals surface area contributed by atoms with Gasteiger partial charge in [0.05, 0.1) is 13.0 Å². The number of carbonyl (C=O) groups is 2. The van der Waals surface area contributed by atoms with Gasteiger partial charge in [0.25, 0.3) is 5.91 Å². The first-order valence-corrected chi connectivity index (χ1v) is 7.82. The van der Waals surface area contributed by atoms with Crippen molar-refractivity contribution in [2.45, 2.75) is 25.3 Å². The van der Waals surface area contributed by atoms with Crippen molar-refractivity contribution in [1.29, 1.82) is 0 Å². The first-order chi connectivity index (χ1) is 11.5. The Morgan fingerprint density at radius 3 is 2.42 bits per heavy atom. The van der Waals surface area contributed by atoms with Crippen LogP contribution in [0.5, 0.6) is 5.75 Å². The van der Waals surface area contributed by atoms with E-state index in [0.29, 0.717) is 29.0 Å². The molecule has 1 N–H and O–H groups in total. The summed E-state index contributed by atoms with van der Waals surface area (Å²) in [6, 6.07) is 14.0. The Bertz CT molecular complexity index is 769. The van der Waals surface area contributed by atoms with Crippen molar-refractivity contribution in [1.82, 2.24) is 0 Å². The van der Waals surface area contributed by atoms with Crippen LogP contribution in [0.4, 0.5) is 5.69 Å². The summed E-state index contributed by atoms with van der Waals surface area (Å²) in [6.45, 7) is 1.88. The van der Waals surface area contributed by atoms with E-state index < -0.39 is 11.9 Å². The minimum Gasteiger partial charge on any atom is -0.497 e. The summed E-state index contributed by atoms with van der Waals surface area (Å²) in [4.78, 5) is 26.2. The second-order valence-electron chi connectivity index (χ2n) is 5.94. The third-order valence-corrected chi connectivity index (χ3v) is 4.44. The summed E-state index contributed by atoms with van der Waals surface area (Å²) < 4.78 is 5.12. The number of nitrogens with zero attached hydrogens (tertiary/aromatic N) is 1. The Morgan fingerprint density at radius 2 is 1.79 bits per heavy atom. The van der Waals surface area contributed by atoms with Crippen LogP contribution in [0.3, 0.4) is 0 Å². The number of hydrogen-bond acceptors (Lipinski definition) is 3. The number of hydrogen-bond donors (Lipinski definition) is 1. The Kier molecular flexibility index (Phi) is 4.25. The molecule has 5 heteroatoms. The van der Waals surface area contributed by atoms with E-state index in [2.05, 4.69) is 0 Å². The van der Waals surface area contributed by atoms with Crippen LogP contribution in [0.1, 0.15) is 35.2 Å². The lowest BCUT2D eigenvalue weighted by Gasteiger charge is -2.38. The van der Waals surface area contributed by atoms with Crippen LogP contribution in [0.25, 0.3) is 0 Å². The maximum Gasteiger partial charge on any atom is 0.311 e. The first-order valence-electron chi connectivity index (χ1n) is 7.82. The number of fused-ring (bicyclic) bond motifs is 1. The van der Waals surface area contributed by atoms with Crippen LogP contribution in [-0.2, 0) is 4.79 Å². The summed E-state index contributed by atoms with van der Waals surface area (Å²) >= 11 is 0. The smallest absolute Gasteiger partial charge is 0.311 e. The number of carboxylic acids is 1. The lowest BCUT2D eigenvalue weighted by Crippen LogP contribution is -2.44. The van der Waals surface area contributed by atoms with Crippen LogP contribution in [0.15, 0.2) is 48.5 Å². The standard InChI is InChI=1S/C19H19NO4/c1-12-11-16(19(22)23)15-5-3-4-6-17(15)20(12)18(21)13-7-9-14(24-2)10-8-13/h3-10,12,16H,11H2,1-2H3,(H,22,23)/t12-,16-/m0/s1. The van der Waals surface area contributed by atoms with Gasteiger partial charge in [-0.25, -0.2) is 0 Å². The van der Waals surface area contributed by atoms with Gasteiger partial charge in [0, 0.05) is 17.3 Å². The van der Waals surface area contributed by atoms with E-state index in [4.69, 9.17) is 4.74 Å². The van der Waals surface area contributed by atoms with Crippen LogP contribution in [-0.4, -0.2) is 30.1 Å². The largest absolute Gasteiger partial charge is 0.497 e. The zero-order valence-corrected chi connectivity index (χ0v) is 13.6. The molecule has 0 spiro atoms. The molecular weight excluding hydrogens is 306 g/mol. The predicted molar refractivity (Wildman–Crippen MR) is 90.7 cm³/mol. The number of rotatable bonds is 3. The number of carbonyl (C=O) groups excluding carboxylic acids is 1. The van der Waals surface area contributed by atoms with Crippen molar-refractivity contribution < 1.29 is 19.4 Å². The molecule has 2 aromatic carbocycles. The number of anilines is 1. The van der Waals surface area contributed by atoms with Crippen molar-refractivity contribution in [3.8, 4) is 5.75 Å². The number of carboxylic acid groups (broad SMARTS) is 1. The molecule has 124 valence electrons. The van der Waals surface area contributed by atoms with E-state index in [9.17, 15) is 14.7 Å². The molecule has 0 bridgehead atoms. The monoisotopic (exact) mass is 325 g/mol. The number of methoxy groups -OCH3 is 1. The molecule has 24 heavy (non-hydrogen) atoms. The van der Waals surface area contributed by atoms with Crippen LogP contribution in [0, 0.1) is 0 Å². The second-order valence-corrected chi connectivity index (χ2v) is 5.94. The fraction of sp³-hybridized carbons (Fsp3) is 0.263. The maximum atomic E-state index is 13.0. The van der Waals surface area contributed by atoms with Gasteiger partial charge in [0.1, 0.15) is 5.75 Å². The highest BCUT2D eigenvalue weighted by atomic mass is 16.5. The average molecular weight is 325 g/mol. The molecule has 0 aliphatic carbocycles. The third kappa shape index (κ3) is 2.73. The fourth-order valence-corrected chi connectivity index (χ4v) is 3.23. The summed E-state index contributed by atoms with van der Waals surface area (Å²) in [5, 5.41) is 9.49. The molecule has 0 unspecified atom stereocenters. The molecule has 2 aromatic rings. The average Bonchev–Trinajstić information content (AvgIpc) is 2.60. The molecule has 0 fully saturated rings. The molecule has 1 aliphatic heterocycles. The molecule has 0 saturated heterocycles. The van der Waals surface area contributed by atoms with Gasteiger partial charge in [0.15, 0.2) is 0 Å². The Labute approximate surface area is 140 Å². The minimum absolute atomic E-state index is 0.138. The zero-order valence-electron chi connectivity index (χ0n) is 13.6. The van der Waals surface area contributed by atoms with Gasteiger partial charge < -0.3 is 14.7 Å². The molecule has 0 aromatic heterocycles. The summed E-state index contributed by atoms with van der Waals surface area (Å²) in [5.74, 6) is -0.895. The van der Waals surface area contributed by atoms with Gasteiger partial charge in [-0.15, -0.1) is 0 Å². The molecule has 2 atom stereocenters. The van der Waals surface area contributed by atoms with Crippen LogP contribution in [0.2, 0.25) is 0 Å². The summed E-state index contributed by atoms with van der Waals surface area (Å²) in [7, 11) is 1.58. The number of benzene rings is 2. The first kappa shape index (κ1) is 16.1. The highest BCUT2D eigenvalue weighted by Gasteiger charge is 2.37. The summed E-state index contributed by atoms with van der Waals surface area (Å²) in [6.07, 6.45) is 0.397. The van der Waals surface area contributed by atoms with Gasteiger partial charge >= 0.3 is 5.97 Å². The number of ether oxygens (including phenoxy) is 1. The molecule has 5 nitrogen and oxygen atoms in total. The minimum atomic E-state index is -0.856. The van der Waals surface area contributed by atoms with Gasteiger partial charge in [-0.3, -0.25) is 9.59 Å². The van der Waals surface area contributed by atoms with Crippen molar-refractivity contribution >= 4 is 17.6 Å². The SMILES string of the molecule is COc1ccc(C(=O)N2c3ccccc3[C@@H](C(=O)O)C[C@@H]2C)cc1. The quantitative estimate of drug-likeness (QED) is 0.940. The van der Waals surface area contributed by atoms with Crippen molar-refractivity contribution in [2.75, 3.05) is 12.0 Å². The van der Waals surface area contributed by atoms with Crippen molar-refractivity contribution in [2.24, 2.45) is 0 Å². The fourth-order valence-electron chi connectivity index (χ4n) is 3.23. The van der Waals surface area contributed by atoms with Crippen LogP contribution >= 0.6 is 0 Å². The maximum absolute atomic E-state index is 13.0. The topological polar surface area (TPSA) is 66.8 Å². The highest BCUT2D eigenvalue weighted by molar-refractivity contribution is 6.07. The van der Waals surface area contributed by atoms with Crippen molar-refractivity contribution in [3.63, 3.8) is 0 Å². The Hall–Kier alpha value is -2.82. The Balaban J connectivity index is 2.01. The van der Waals surface area contributed by atoms with E-state index in [1.54, 1.807) is 48.4 Å². The van der Waals surface area contributed by atoms with E-state index in [0.717, 1.165) is 0 Å². The molecule has 1 aliphatic rings. The van der Waals surface area contributed by atoms with Gasteiger partial charge in [-0.1, -0.05) is 18.2 Å². The normalized spacial score (nSPS) is 19.5. The second kappa shape index (κ2) is 6.35. The lowest BCUT2D eigenvalue weighted by atomic mass is 9.85. The van der Waals surface area contributed by atoms with E-state index in [1.807, 2.05) is 19.1 Å². The van der Waals surface area contributed by atoms with E-state index in [1.165, 1.54) is 0 Å². The molecule has 0 radical (unpaired) electrons.